The Labute approximate surface area is 69.7 Å². The van der Waals surface area contributed by atoms with Crippen LogP contribution in [-0.4, -0.2) is 0 Å². The quantitative estimate of drug-likeness (QED) is 0.618. The average Bonchev–Trinajstić information content (AvgIpc) is 2.03. The highest BCUT2D eigenvalue weighted by Gasteiger charge is 2.04. The highest BCUT2D eigenvalue weighted by atomic mass is 19.1. The zero-order valence-corrected chi connectivity index (χ0v) is 6.67. The van der Waals surface area contributed by atoms with Gasteiger partial charge in [-0.15, -0.1) is 4.91 Å². The second kappa shape index (κ2) is 3.26. The van der Waals surface area contributed by atoms with Crippen molar-refractivity contribution in [2.45, 2.75) is 6.92 Å². The van der Waals surface area contributed by atoms with Crippen molar-refractivity contribution >= 4 is 11.3 Å². The molecule has 0 amide bonds. The first-order valence-electron chi connectivity index (χ1n) is 3.44. The summed E-state index contributed by atoms with van der Waals surface area (Å²) < 4.78 is 12.6. The van der Waals surface area contributed by atoms with Gasteiger partial charge in [-0.2, -0.15) is 0 Å². The Kier molecular flexibility index (Phi) is 2.33. The van der Waals surface area contributed by atoms with Crippen molar-refractivity contribution in [3.63, 3.8) is 0 Å². The van der Waals surface area contributed by atoms with Gasteiger partial charge in [0.2, 0.25) is 0 Å². The van der Waals surface area contributed by atoms with E-state index in [0.29, 0.717) is 11.1 Å². The van der Waals surface area contributed by atoms with Crippen LogP contribution < -0.4 is 0 Å². The van der Waals surface area contributed by atoms with E-state index in [2.05, 4.69) is 11.8 Å². The highest BCUT2D eigenvalue weighted by Crippen LogP contribution is 2.25. The van der Waals surface area contributed by atoms with Crippen LogP contribution in [-0.2, 0) is 0 Å². The lowest BCUT2D eigenvalue weighted by molar-refractivity contribution is 0.628. The molecule has 0 aliphatic heterocycles. The van der Waals surface area contributed by atoms with Crippen LogP contribution in [0.15, 0.2) is 30.0 Å². The molecule has 0 fully saturated rings. The van der Waals surface area contributed by atoms with Gasteiger partial charge in [-0.05, 0) is 29.8 Å². The van der Waals surface area contributed by atoms with E-state index in [1.807, 2.05) is 0 Å². The van der Waals surface area contributed by atoms with Crippen LogP contribution in [0.1, 0.15) is 12.5 Å². The number of hydrogen-bond acceptors (Lipinski definition) is 2. The average molecular weight is 165 g/mol. The summed E-state index contributed by atoms with van der Waals surface area (Å²) in [6, 6.07) is 3.87. The smallest absolute Gasteiger partial charge is 0.125 e. The van der Waals surface area contributed by atoms with Crippen LogP contribution in [0.4, 0.5) is 10.1 Å². The third-order valence-electron chi connectivity index (χ3n) is 1.52. The largest absolute Gasteiger partial charge is 0.207 e. The van der Waals surface area contributed by atoms with Crippen LogP contribution in [0, 0.1) is 10.7 Å². The van der Waals surface area contributed by atoms with E-state index in [-0.39, 0.29) is 5.69 Å². The van der Waals surface area contributed by atoms with Crippen molar-refractivity contribution in [3.05, 3.63) is 41.1 Å². The number of hydrogen-bond donors (Lipinski definition) is 0. The molecule has 1 aromatic rings. The lowest BCUT2D eigenvalue weighted by Gasteiger charge is -2.01. The number of halogens is 1. The lowest BCUT2D eigenvalue weighted by Crippen LogP contribution is -1.81. The van der Waals surface area contributed by atoms with Gasteiger partial charge in [-0.1, -0.05) is 6.58 Å². The highest BCUT2D eigenvalue weighted by molar-refractivity contribution is 5.71. The molecule has 1 rings (SSSR count). The van der Waals surface area contributed by atoms with Crippen molar-refractivity contribution in [3.8, 4) is 0 Å². The molecule has 0 unspecified atom stereocenters. The molecular weight excluding hydrogens is 157 g/mol. The zero-order valence-electron chi connectivity index (χ0n) is 6.67. The maximum absolute atomic E-state index is 12.6. The maximum atomic E-state index is 12.6. The van der Waals surface area contributed by atoms with E-state index < -0.39 is 5.82 Å². The molecule has 0 atom stereocenters. The van der Waals surface area contributed by atoms with Crippen molar-refractivity contribution in [2.24, 2.45) is 5.18 Å². The summed E-state index contributed by atoms with van der Waals surface area (Å²) >= 11 is 0. The molecule has 0 N–H and O–H groups in total. The van der Waals surface area contributed by atoms with Gasteiger partial charge < -0.3 is 0 Å². The second-order valence-corrected chi connectivity index (χ2v) is 2.53. The SMILES string of the molecule is C=C(C)c1ccc(F)cc1N=O. The molecular formula is C9H8FNO. The first-order chi connectivity index (χ1) is 5.65. The molecule has 1 aromatic carbocycles. The normalized spacial score (nSPS) is 9.50. The minimum absolute atomic E-state index is 0.0995. The third-order valence-corrected chi connectivity index (χ3v) is 1.52. The molecule has 3 heteroatoms. The molecule has 0 spiro atoms. The fourth-order valence-corrected chi connectivity index (χ4v) is 0.941. The van der Waals surface area contributed by atoms with Gasteiger partial charge in [0, 0.05) is 11.6 Å². The van der Waals surface area contributed by atoms with Gasteiger partial charge in [-0.25, -0.2) is 4.39 Å². The van der Waals surface area contributed by atoms with Gasteiger partial charge in [0.15, 0.2) is 0 Å². The summed E-state index contributed by atoms with van der Waals surface area (Å²) in [7, 11) is 0. The van der Waals surface area contributed by atoms with Crippen molar-refractivity contribution in [1.82, 2.24) is 0 Å². The molecule has 0 aromatic heterocycles. The van der Waals surface area contributed by atoms with Crippen molar-refractivity contribution < 1.29 is 4.39 Å². The predicted molar refractivity (Wildman–Crippen MR) is 46.6 cm³/mol. The Hall–Kier alpha value is -1.51. The van der Waals surface area contributed by atoms with E-state index in [1.54, 1.807) is 6.92 Å². The maximum Gasteiger partial charge on any atom is 0.125 e. The summed E-state index contributed by atoms with van der Waals surface area (Å²) in [6.45, 7) is 5.38. The van der Waals surface area contributed by atoms with Crippen molar-refractivity contribution in [1.29, 1.82) is 0 Å². The minimum atomic E-state index is -0.463. The van der Waals surface area contributed by atoms with Gasteiger partial charge >= 0.3 is 0 Å². The molecule has 0 saturated heterocycles. The summed E-state index contributed by atoms with van der Waals surface area (Å²) in [5, 5.41) is 2.70. The van der Waals surface area contributed by atoms with Crippen LogP contribution in [0.25, 0.3) is 5.57 Å². The van der Waals surface area contributed by atoms with Crippen molar-refractivity contribution in [2.75, 3.05) is 0 Å². The summed E-state index contributed by atoms with van der Waals surface area (Å²) in [4.78, 5) is 10.2. The van der Waals surface area contributed by atoms with Gasteiger partial charge in [-0.3, -0.25) is 0 Å². The molecule has 0 aliphatic rings. The minimum Gasteiger partial charge on any atom is -0.207 e. The standard InChI is InChI=1S/C9H8FNO/c1-6(2)8-4-3-7(10)5-9(8)11-12/h3-5H,1H2,2H3. The first kappa shape index (κ1) is 8.59. The van der Waals surface area contributed by atoms with E-state index in [4.69, 9.17) is 0 Å². The Morgan fingerprint density at radius 3 is 2.75 bits per heavy atom. The van der Waals surface area contributed by atoms with Crippen LogP contribution in [0.5, 0.6) is 0 Å². The Morgan fingerprint density at radius 2 is 2.25 bits per heavy atom. The molecule has 12 heavy (non-hydrogen) atoms. The summed E-state index contributed by atoms with van der Waals surface area (Å²) in [6.07, 6.45) is 0. The Morgan fingerprint density at radius 1 is 1.58 bits per heavy atom. The molecule has 0 bridgehead atoms. The Bertz CT molecular complexity index is 333. The van der Waals surface area contributed by atoms with Crippen LogP contribution >= 0.6 is 0 Å². The van der Waals surface area contributed by atoms with Gasteiger partial charge in [0.05, 0.1) is 0 Å². The van der Waals surface area contributed by atoms with E-state index in [0.717, 1.165) is 6.07 Å². The number of benzene rings is 1. The predicted octanol–water partition coefficient (Wildman–Crippen LogP) is 3.26. The number of allylic oxidation sites excluding steroid dienone is 1. The zero-order chi connectivity index (χ0) is 9.14. The van der Waals surface area contributed by atoms with Gasteiger partial charge in [0.25, 0.3) is 0 Å². The van der Waals surface area contributed by atoms with Crippen LogP contribution in [0.3, 0.4) is 0 Å². The second-order valence-electron chi connectivity index (χ2n) is 2.53. The molecule has 0 saturated carbocycles. The fraction of sp³-hybridized carbons (Fsp3) is 0.111. The Balaban J connectivity index is 3.29. The summed E-state index contributed by atoms with van der Waals surface area (Å²) in [5.41, 5.74) is 1.39. The van der Waals surface area contributed by atoms with E-state index >= 15 is 0 Å². The molecule has 0 radical (unpaired) electrons. The summed E-state index contributed by atoms with van der Waals surface area (Å²) in [5.74, 6) is -0.463. The monoisotopic (exact) mass is 165 g/mol. The van der Waals surface area contributed by atoms with E-state index in [9.17, 15) is 9.30 Å². The number of nitrogens with zero attached hydrogens (tertiary/aromatic N) is 1. The molecule has 0 heterocycles. The van der Waals surface area contributed by atoms with E-state index in [1.165, 1.54) is 12.1 Å². The first-order valence-corrected chi connectivity index (χ1v) is 3.44. The molecule has 62 valence electrons. The third kappa shape index (κ3) is 1.56. The van der Waals surface area contributed by atoms with Crippen LogP contribution in [0.2, 0.25) is 0 Å². The lowest BCUT2D eigenvalue weighted by atomic mass is 10.1. The molecule has 2 nitrogen and oxygen atoms in total. The number of rotatable bonds is 2. The topological polar surface area (TPSA) is 29.4 Å². The molecule has 0 aliphatic carbocycles. The fourth-order valence-electron chi connectivity index (χ4n) is 0.941. The van der Waals surface area contributed by atoms with Gasteiger partial charge in [0.1, 0.15) is 11.5 Å². The number of nitroso groups, excluding NO2 is 1.